The van der Waals surface area contributed by atoms with Crippen LogP contribution in [0.25, 0.3) is 0 Å². The van der Waals surface area contributed by atoms with Crippen molar-refractivity contribution in [3.05, 3.63) is 65.2 Å². The van der Waals surface area contributed by atoms with Crippen molar-refractivity contribution in [2.75, 3.05) is 17.1 Å². The van der Waals surface area contributed by atoms with Crippen molar-refractivity contribution in [2.45, 2.75) is 78.9 Å². The van der Waals surface area contributed by atoms with Crippen molar-refractivity contribution in [1.29, 1.82) is 0 Å². The second kappa shape index (κ2) is 13.4. The first-order valence-electron chi connectivity index (χ1n) is 12.7. The summed E-state index contributed by atoms with van der Waals surface area (Å²) < 4.78 is 26.5. The number of benzene rings is 2. The van der Waals surface area contributed by atoms with Gasteiger partial charge in [0, 0.05) is 25.6 Å². The molecule has 0 unspecified atom stereocenters. The van der Waals surface area contributed by atoms with Gasteiger partial charge >= 0.3 is 0 Å². The summed E-state index contributed by atoms with van der Waals surface area (Å²) in [5, 5.41) is 3.01. The Kier molecular flexibility index (Phi) is 11.0. The normalized spacial score (nSPS) is 13.1. The Hall–Kier alpha value is -2.87. The van der Waals surface area contributed by atoms with E-state index in [4.69, 9.17) is 0 Å². The molecule has 0 aliphatic rings. The van der Waals surface area contributed by atoms with E-state index in [0.29, 0.717) is 25.1 Å². The molecule has 7 nitrogen and oxygen atoms in total. The first kappa shape index (κ1) is 29.4. The van der Waals surface area contributed by atoms with Gasteiger partial charge in [0.25, 0.3) is 0 Å². The van der Waals surface area contributed by atoms with E-state index in [9.17, 15) is 18.0 Å². The lowest BCUT2D eigenvalue weighted by Crippen LogP contribution is -2.50. The molecule has 0 aliphatic carbocycles. The second-order valence-electron chi connectivity index (χ2n) is 9.53. The molecule has 0 saturated heterocycles. The van der Waals surface area contributed by atoms with Gasteiger partial charge in [0.05, 0.1) is 11.9 Å². The van der Waals surface area contributed by atoms with E-state index in [0.717, 1.165) is 23.1 Å². The zero-order valence-corrected chi connectivity index (χ0v) is 23.3. The first-order chi connectivity index (χ1) is 17.0. The molecule has 0 aliphatic heterocycles. The number of rotatable bonds is 13. The molecular weight excluding hydrogens is 474 g/mol. The summed E-state index contributed by atoms with van der Waals surface area (Å²) in [7, 11) is -3.52. The molecule has 0 radical (unpaired) electrons. The summed E-state index contributed by atoms with van der Waals surface area (Å²) in [5.74, 6) is -0.331. The highest BCUT2D eigenvalue weighted by Crippen LogP contribution is 2.22. The molecule has 198 valence electrons. The first-order valence-corrected chi connectivity index (χ1v) is 14.5. The van der Waals surface area contributed by atoms with Gasteiger partial charge in [-0.3, -0.25) is 13.9 Å². The van der Waals surface area contributed by atoms with Crippen LogP contribution in [-0.2, 0) is 26.2 Å². The van der Waals surface area contributed by atoms with Gasteiger partial charge in [0.1, 0.15) is 6.04 Å². The van der Waals surface area contributed by atoms with E-state index in [2.05, 4.69) is 5.32 Å². The Morgan fingerprint density at radius 3 is 2.11 bits per heavy atom. The zero-order chi connectivity index (χ0) is 26.9. The highest BCUT2D eigenvalue weighted by molar-refractivity contribution is 7.92. The largest absolute Gasteiger partial charge is 0.352 e. The van der Waals surface area contributed by atoms with Crippen LogP contribution in [-0.4, -0.2) is 50.0 Å². The summed E-state index contributed by atoms with van der Waals surface area (Å²) in [6.07, 6.45) is 2.94. The fourth-order valence-electron chi connectivity index (χ4n) is 4.24. The number of sulfonamides is 1. The molecule has 0 spiro atoms. The molecule has 2 rings (SSSR count). The van der Waals surface area contributed by atoms with Crippen LogP contribution in [0.1, 0.15) is 63.1 Å². The van der Waals surface area contributed by atoms with Crippen LogP contribution in [0.3, 0.4) is 0 Å². The average Bonchev–Trinajstić information content (AvgIpc) is 2.80. The molecule has 0 bridgehead atoms. The molecule has 2 aromatic rings. The minimum Gasteiger partial charge on any atom is -0.352 e. The van der Waals surface area contributed by atoms with E-state index in [1.54, 1.807) is 4.90 Å². The van der Waals surface area contributed by atoms with Gasteiger partial charge in [-0.05, 0) is 68.9 Å². The second-order valence-corrected chi connectivity index (χ2v) is 11.4. The molecule has 0 heterocycles. The smallest absolute Gasteiger partial charge is 0.243 e. The molecule has 0 fully saturated rings. The van der Waals surface area contributed by atoms with Crippen LogP contribution in [0, 0.1) is 13.8 Å². The maximum Gasteiger partial charge on any atom is 0.243 e. The fraction of sp³-hybridized carbons (Fsp3) is 0.500. The third-order valence-electron chi connectivity index (χ3n) is 6.23. The summed E-state index contributed by atoms with van der Waals surface area (Å²) in [4.78, 5) is 28.1. The van der Waals surface area contributed by atoms with Crippen LogP contribution in [0.5, 0.6) is 0 Å². The number of amides is 2. The Balaban J connectivity index is 2.22. The van der Waals surface area contributed by atoms with Crippen LogP contribution in [0.4, 0.5) is 5.69 Å². The van der Waals surface area contributed by atoms with Gasteiger partial charge < -0.3 is 10.2 Å². The fourth-order valence-corrected chi connectivity index (χ4v) is 5.19. The minimum atomic E-state index is -3.52. The monoisotopic (exact) mass is 515 g/mol. The van der Waals surface area contributed by atoms with E-state index < -0.39 is 16.1 Å². The number of hydrogen-bond donors (Lipinski definition) is 1. The Morgan fingerprint density at radius 1 is 0.972 bits per heavy atom. The molecule has 2 aromatic carbocycles. The van der Waals surface area contributed by atoms with Gasteiger partial charge in [0.15, 0.2) is 0 Å². The van der Waals surface area contributed by atoms with Crippen LogP contribution < -0.4 is 9.62 Å². The van der Waals surface area contributed by atoms with E-state index in [-0.39, 0.29) is 30.8 Å². The molecule has 2 atom stereocenters. The highest BCUT2D eigenvalue weighted by Gasteiger charge is 2.29. The summed E-state index contributed by atoms with van der Waals surface area (Å²) in [6.45, 7) is 10.2. The summed E-state index contributed by atoms with van der Waals surface area (Å²) in [5.41, 5.74) is 3.49. The van der Waals surface area contributed by atoms with Gasteiger partial charge in [0.2, 0.25) is 21.8 Å². The number of anilines is 1. The van der Waals surface area contributed by atoms with Crippen molar-refractivity contribution in [3.8, 4) is 0 Å². The Bertz CT molecular complexity index is 1100. The number of aryl methyl sites for hydroxylation is 2. The lowest BCUT2D eigenvalue weighted by atomic mass is 10.1. The molecule has 0 saturated carbocycles. The third kappa shape index (κ3) is 8.66. The summed E-state index contributed by atoms with van der Waals surface area (Å²) in [6, 6.07) is 14.7. The van der Waals surface area contributed by atoms with Crippen molar-refractivity contribution in [3.63, 3.8) is 0 Å². The number of carbonyl (C=O) groups is 2. The van der Waals surface area contributed by atoms with Gasteiger partial charge in [-0.15, -0.1) is 0 Å². The number of nitrogens with one attached hydrogen (secondary N) is 1. The quantitative estimate of drug-likeness (QED) is 0.423. The number of carbonyl (C=O) groups excluding carboxylic acids is 2. The zero-order valence-electron chi connectivity index (χ0n) is 22.5. The molecular formula is C28H41N3O4S. The maximum atomic E-state index is 13.5. The van der Waals surface area contributed by atoms with E-state index in [1.807, 2.05) is 83.1 Å². The predicted molar refractivity (Wildman–Crippen MR) is 146 cm³/mol. The van der Waals surface area contributed by atoms with Crippen LogP contribution in [0.2, 0.25) is 0 Å². The van der Waals surface area contributed by atoms with Crippen LogP contribution >= 0.6 is 0 Å². The molecule has 0 aromatic heterocycles. The topological polar surface area (TPSA) is 86.8 Å². The predicted octanol–water partition coefficient (Wildman–Crippen LogP) is 4.57. The molecule has 8 heteroatoms. The highest BCUT2D eigenvalue weighted by atomic mass is 32.2. The van der Waals surface area contributed by atoms with Crippen LogP contribution in [0.15, 0.2) is 48.5 Å². The molecule has 1 N–H and O–H groups in total. The Morgan fingerprint density at radius 2 is 1.58 bits per heavy atom. The van der Waals surface area contributed by atoms with E-state index >= 15 is 0 Å². The standard InChI is InChI=1S/C28H41N3O4S/c1-7-23(5)29-28(33)26(8-2)30(20-24-13-10-9-11-14-24)27(32)15-12-16-31(36(6,34)35)25-18-21(3)17-22(4)19-25/h9-11,13-14,17-19,23,26H,7-8,12,15-16,20H2,1-6H3,(H,29,33)/t23-,26+/m0/s1. The van der Waals surface area contributed by atoms with Crippen molar-refractivity contribution in [1.82, 2.24) is 10.2 Å². The summed E-state index contributed by atoms with van der Waals surface area (Å²) >= 11 is 0. The number of nitrogens with zero attached hydrogens (tertiary/aromatic N) is 2. The third-order valence-corrected chi connectivity index (χ3v) is 7.42. The lowest BCUT2D eigenvalue weighted by Gasteiger charge is -2.32. The minimum absolute atomic E-state index is 0.0151. The van der Waals surface area contributed by atoms with Crippen molar-refractivity contribution < 1.29 is 18.0 Å². The average molecular weight is 516 g/mol. The molecule has 36 heavy (non-hydrogen) atoms. The van der Waals surface area contributed by atoms with Crippen molar-refractivity contribution in [2.24, 2.45) is 0 Å². The van der Waals surface area contributed by atoms with Gasteiger partial charge in [-0.25, -0.2) is 8.42 Å². The molecule has 2 amide bonds. The maximum absolute atomic E-state index is 13.5. The number of hydrogen-bond acceptors (Lipinski definition) is 4. The van der Waals surface area contributed by atoms with E-state index in [1.165, 1.54) is 10.6 Å². The Labute approximate surface area is 216 Å². The van der Waals surface area contributed by atoms with Crippen molar-refractivity contribution >= 4 is 27.5 Å². The van der Waals surface area contributed by atoms with Gasteiger partial charge in [-0.2, -0.15) is 0 Å². The van der Waals surface area contributed by atoms with Gasteiger partial charge in [-0.1, -0.05) is 50.2 Å². The lowest BCUT2D eigenvalue weighted by molar-refractivity contribution is -0.141. The SMILES string of the molecule is CC[C@H](C(=O)N[C@@H](C)CC)N(Cc1ccccc1)C(=O)CCCN(c1cc(C)cc(C)c1)S(C)(=O)=O.